The highest BCUT2D eigenvalue weighted by molar-refractivity contribution is 5.45. The van der Waals surface area contributed by atoms with Crippen molar-refractivity contribution in [1.29, 1.82) is 0 Å². The Kier molecular flexibility index (Phi) is 7.08. The van der Waals surface area contributed by atoms with Crippen LogP contribution in [0.5, 0.6) is 0 Å². The number of benzene rings is 1. The van der Waals surface area contributed by atoms with Crippen molar-refractivity contribution in [2.24, 2.45) is 5.92 Å². The summed E-state index contributed by atoms with van der Waals surface area (Å²) in [7, 11) is 0. The molecule has 0 heterocycles. The monoisotopic (exact) mass is 288 g/mol. The first-order valence-electron chi connectivity index (χ1n) is 8.83. The lowest BCUT2D eigenvalue weighted by molar-refractivity contribution is 0.309. The Morgan fingerprint density at radius 3 is 2.43 bits per heavy atom. The van der Waals surface area contributed by atoms with Crippen molar-refractivity contribution in [3.8, 4) is 0 Å². The molecule has 0 unspecified atom stereocenters. The highest BCUT2D eigenvalue weighted by Gasteiger charge is 2.17. The predicted octanol–water partition coefficient (Wildman–Crippen LogP) is 4.46. The van der Waals surface area contributed by atoms with Crippen molar-refractivity contribution in [2.45, 2.75) is 58.4 Å². The molecule has 0 bridgehead atoms. The Morgan fingerprint density at radius 2 is 1.76 bits per heavy atom. The first kappa shape index (κ1) is 16.4. The summed E-state index contributed by atoms with van der Waals surface area (Å²) in [6.07, 6.45) is 8.06. The molecule has 0 atom stereocenters. The van der Waals surface area contributed by atoms with E-state index in [-0.39, 0.29) is 0 Å². The van der Waals surface area contributed by atoms with Gasteiger partial charge in [0.25, 0.3) is 0 Å². The first-order valence-corrected chi connectivity index (χ1v) is 8.83. The van der Waals surface area contributed by atoms with E-state index in [0.29, 0.717) is 0 Å². The summed E-state index contributed by atoms with van der Waals surface area (Å²) in [6.45, 7) is 8.06. The average molecular weight is 288 g/mol. The summed E-state index contributed by atoms with van der Waals surface area (Å²) in [4.78, 5) is 2.53. The van der Waals surface area contributed by atoms with E-state index in [9.17, 15) is 0 Å². The second-order valence-electron chi connectivity index (χ2n) is 6.59. The molecule has 1 aliphatic rings. The van der Waals surface area contributed by atoms with Gasteiger partial charge in [0.1, 0.15) is 0 Å². The molecular weight excluding hydrogens is 256 g/mol. The third kappa shape index (κ3) is 5.70. The van der Waals surface area contributed by atoms with Gasteiger partial charge >= 0.3 is 0 Å². The lowest BCUT2D eigenvalue weighted by Gasteiger charge is -2.29. The van der Waals surface area contributed by atoms with Crippen LogP contribution in [0.15, 0.2) is 30.3 Å². The number of anilines is 1. The van der Waals surface area contributed by atoms with Crippen molar-refractivity contribution in [1.82, 2.24) is 5.32 Å². The lowest BCUT2D eigenvalue weighted by atomic mass is 9.87. The number of nitrogens with one attached hydrogen (secondary N) is 1. The summed E-state index contributed by atoms with van der Waals surface area (Å²) >= 11 is 0. The van der Waals surface area contributed by atoms with Gasteiger partial charge in [-0.2, -0.15) is 0 Å². The summed E-state index contributed by atoms with van der Waals surface area (Å²) in [5.41, 5.74) is 1.37. The van der Waals surface area contributed by atoms with Gasteiger partial charge in [0.05, 0.1) is 0 Å². The van der Waals surface area contributed by atoms with Gasteiger partial charge in [0.15, 0.2) is 0 Å². The van der Waals surface area contributed by atoms with Crippen LogP contribution in [0.3, 0.4) is 0 Å². The Balaban J connectivity index is 1.76. The van der Waals surface area contributed by atoms with E-state index in [2.05, 4.69) is 54.4 Å². The Hall–Kier alpha value is -1.02. The topological polar surface area (TPSA) is 15.3 Å². The van der Waals surface area contributed by atoms with Gasteiger partial charge in [0, 0.05) is 31.4 Å². The van der Waals surface area contributed by atoms with Crippen molar-refractivity contribution in [3.05, 3.63) is 30.3 Å². The van der Waals surface area contributed by atoms with Crippen LogP contribution in [0.1, 0.15) is 52.4 Å². The first-order chi connectivity index (χ1) is 10.3. The van der Waals surface area contributed by atoms with E-state index < -0.39 is 0 Å². The fourth-order valence-corrected chi connectivity index (χ4v) is 3.23. The predicted molar refractivity (Wildman–Crippen MR) is 93.0 cm³/mol. The summed E-state index contributed by atoms with van der Waals surface area (Å²) in [5.74, 6) is 0.938. The summed E-state index contributed by atoms with van der Waals surface area (Å²) in [6, 6.07) is 11.6. The molecule has 1 fully saturated rings. The lowest BCUT2D eigenvalue weighted by Crippen LogP contribution is -2.39. The minimum atomic E-state index is 0.755. The highest BCUT2D eigenvalue weighted by Crippen LogP contribution is 2.23. The number of nitrogens with zero attached hydrogens (tertiary/aromatic N) is 1. The molecule has 1 aliphatic carbocycles. The summed E-state index contributed by atoms with van der Waals surface area (Å²) in [5, 5.41) is 3.78. The molecule has 118 valence electrons. The van der Waals surface area contributed by atoms with Crippen LogP contribution in [0.4, 0.5) is 5.69 Å². The van der Waals surface area contributed by atoms with Crippen LogP contribution < -0.4 is 10.2 Å². The van der Waals surface area contributed by atoms with Gasteiger partial charge in [-0.3, -0.25) is 0 Å². The Morgan fingerprint density at radius 1 is 1.05 bits per heavy atom. The number of hydrogen-bond donors (Lipinski definition) is 1. The van der Waals surface area contributed by atoms with Crippen LogP contribution in [-0.2, 0) is 0 Å². The molecule has 1 saturated carbocycles. The van der Waals surface area contributed by atoms with Crippen LogP contribution in [0.25, 0.3) is 0 Å². The quantitative estimate of drug-likeness (QED) is 0.759. The Bertz CT molecular complexity index is 368. The van der Waals surface area contributed by atoms with E-state index in [1.54, 1.807) is 0 Å². The maximum atomic E-state index is 3.78. The molecule has 0 saturated heterocycles. The Labute approximate surface area is 130 Å². The van der Waals surface area contributed by atoms with Crippen molar-refractivity contribution < 1.29 is 0 Å². The van der Waals surface area contributed by atoms with Gasteiger partial charge in [-0.15, -0.1) is 0 Å². The maximum Gasteiger partial charge on any atom is 0.0366 e. The third-order valence-corrected chi connectivity index (χ3v) is 4.73. The highest BCUT2D eigenvalue weighted by atomic mass is 15.1. The van der Waals surface area contributed by atoms with Crippen LogP contribution >= 0.6 is 0 Å². The molecule has 0 spiro atoms. The van der Waals surface area contributed by atoms with Crippen molar-refractivity contribution >= 4 is 5.69 Å². The SMILES string of the molecule is CCCCN(CCNC1CCC(C)CC1)c1ccccc1. The molecule has 1 N–H and O–H groups in total. The van der Waals surface area contributed by atoms with E-state index >= 15 is 0 Å². The van der Waals surface area contributed by atoms with E-state index in [0.717, 1.165) is 25.0 Å². The van der Waals surface area contributed by atoms with E-state index in [4.69, 9.17) is 0 Å². The maximum absolute atomic E-state index is 3.78. The molecule has 1 aromatic carbocycles. The zero-order valence-electron chi connectivity index (χ0n) is 13.9. The molecule has 0 aromatic heterocycles. The molecule has 2 rings (SSSR count). The van der Waals surface area contributed by atoms with Crippen LogP contribution in [-0.4, -0.2) is 25.7 Å². The zero-order valence-corrected chi connectivity index (χ0v) is 13.9. The minimum Gasteiger partial charge on any atom is -0.370 e. The van der Waals surface area contributed by atoms with Gasteiger partial charge < -0.3 is 10.2 Å². The third-order valence-electron chi connectivity index (χ3n) is 4.73. The van der Waals surface area contributed by atoms with E-state index in [1.807, 2.05) is 0 Å². The molecular formula is C19H32N2. The minimum absolute atomic E-state index is 0.755. The molecule has 2 nitrogen and oxygen atoms in total. The van der Waals surface area contributed by atoms with Crippen LogP contribution in [0.2, 0.25) is 0 Å². The van der Waals surface area contributed by atoms with Gasteiger partial charge in [-0.05, 0) is 50.2 Å². The number of rotatable bonds is 8. The molecule has 0 radical (unpaired) electrons. The largest absolute Gasteiger partial charge is 0.370 e. The fourth-order valence-electron chi connectivity index (χ4n) is 3.23. The number of unbranched alkanes of at least 4 members (excludes halogenated alkanes) is 1. The second kappa shape index (κ2) is 9.09. The normalized spacial score (nSPS) is 22.2. The molecule has 1 aromatic rings. The summed E-state index contributed by atoms with van der Waals surface area (Å²) < 4.78 is 0. The number of hydrogen-bond acceptors (Lipinski definition) is 2. The standard InChI is InChI=1S/C19H32N2/c1-3-4-15-21(19-8-6-5-7-9-19)16-14-20-18-12-10-17(2)11-13-18/h5-9,17-18,20H,3-4,10-16H2,1-2H3. The van der Waals surface area contributed by atoms with Gasteiger partial charge in [0.2, 0.25) is 0 Å². The van der Waals surface area contributed by atoms with Gasteiger partial charge in [-0.1, -0.05) is 38.5 Å². The van der Waals surface area contributed by atoms with E-state index in [1.165, 1.54) is 50.8 Å². The van der Waals surface area contributed by atoms with Gasteiger partial charge in [-0.25, -0.2) is 0 Å². The number of para-hydroxylation sites is 1. The molecule has 2 heteroatoms. The fraction of sp³-hybridized carbons (Fsp3) is 0.684. The molecule has 0 aliphatic heterocycles. The smallest absolute Gasteiger partial charge is 0.0366 e. The van der Waals surface area contributed by atoms with Crippen molar-refractivity contribution in [2.75, 3.05) is 24.5 Å². The van der Waals surface area contributed by atoms with Crippen LogP contribution in [0, 0.1) is 5.92 Å². The van der Waals surface area contributed by atoms with Crippen molar-refractivity contribution in [3.63, 3.8) is 0 Å². The zero-order chi connectivity index (χ0) is 14.9. The average Bonchev–Trinajstić information content (AvgIpc) is 2.53. The second-order valence-corrected chi connectivity index (χ2v) is 6.59. The molecule has 21 heavy (non-hydrogen) atoms. The molecule has 0 amide bonds.